The number of rotatable bonds is 9. The van der Waals surface area contributed by atoms with Gasteiger partial charge in [-0.05, 0) is 50.4 Å². The largest absolute Gasteiger partial charge is 0.481 e. The maximum Gasteiger partial charge on any atom is 0.303 e. The minimum absolute atomic E-state index is 0.215. The number of hydrogen-bond acceptors (Lipinski definition) is 2. The lowest BCUT2D eigenvalue weighted by Crippen LogP contribution is -2.34. The molecule has 0 aliphatic heterocycles. The van der Waals surface area contributed by atoms with Gasteiger partial charge in [-0.2, -0.15) is 0 Å². The first kappa shape index (κ1) is 18.0. The zero-order chi connectivity index (χ0) is 15.7. The van der Waals surface area contributed by atoms with E-state index in [9.17, 15) is 9.59 Å². The maximum absolute atomic E-state index is 12.1. The smallest absolute Gasteiger partial charge is 0.303 e. The minimum atomic E-state index is -0.722. The van der Waals surface area contributed by atoms with Crippen molar-refractivity contribution in [3.63, 3.8) is 0 Å². The van der Waals surface area contributed by atoms with Gasteiger partial charge in [0.2, 0.25) is 5.91 Å². The third-order valence-electron chi connectivity index (χ3n) is 4.70. The van der Waals surface area contributed by atoms with Crippen molar-refractivity contribution in [2.45, 2.75) is 71.6 Å². The molecular weight excluding hydrogens is 266 g/mol. The average molecular weight is 297 g/mol. The van der Waals surface area contributed by atoms with Crippen LogP contribution in [-0.4, -0.2) is 23.5 Å². The molecule has 0 radical (unpaired) electrons. The third kappa shape index (κ3) is 7.49. The van der Waals surface area contributed by atoms with Crippen molar-refractivity contribution in [3.05, 3.63) is 0 Å². The van der Waals surface area contributed by atoms with E-state index in [1.165, 1.54) is 12.8 Å². The van der Waals surface area contributed by atoms with E-state index in [1.807, 2.05) is 0 Å². The summed E-state index contributed by atoms with van der Waals surface area (Å²) in [6.45, 7) is 5.28. The van der Waals surface area contributed by atoms with Crippen molar-refractivity contribution < 1.29 is 14.7 Å². The van der Waals surface area contributed by atoms with Crippen LogP contribution in [0, 0.1) is 17.8 Å². The SMILES string of the molecule is CC(C)C1CCC(C(=O)NCCCCCCC(=O)O)CC1. The van der Waals surface area contributed by atoms with Crippen LogP contribution in [0.15, 0.2) is 0 Å². The van der Waals surface area contributed by atoms with E-state index in [2.05, 4.69) is 19.2 Å². The van der Waals surface area contributed by atoms with Gasteiger partial charge in [0, 0.05) is 18.9 Å². The fourth-order valence-corrected chi connectivity index (χ4v) is 3.16. The van der Waals surface area contributed by atoms with E-state index in [0.29, 0.717) is 0 Å². The minimum Gasteiger partial charge on any atom is -0.481 e. The summed E-state index contributed by atoms with van der Waals surface area (Å²) >= 11 is 0. The first-order valence-corrected chi connectivity index (χ1v) is 8.50. The van der Waals surface area contributed by atoms with Gasteiger partial charge in [0.1, 0.15) is 0 Å². The fourth-order valence-electron chi connectivity index (χ4n) is 3.16. The Kier molecular flexibility index (Phi) is 8.40. The van der Waals surface area contributed by atoms with Gasteiger partial charge in [-0.1, -0.05) is 26.7 Å². The van der Waals surface area contributed by atoms with Gasteiger partial charge in [-0.3, -0.25) is 9.59 Å². The zero-order valence-electron chi connectivity index (χ0n) is 13.6. The highest BCUT2D eigenvalue weighted by atomic mass is 16.4. The van der Waals surface area contributed by atoms with Crippen LogP contribution in [0.1, 0.15) is 71.6 Å². The molecule has 122 valence electrons. The highest BCUT2D eigenvalue weighted by molar-refractivity contribution is 5.78. The number of carboxylic acid groups (broad SMARTS) is 1. The molecule has 0 unspecified atom stereocenters. The molecular formula is C17H31NO3. The number of unbranched alkanes of at least 4 members (excludes halogenated alkanes) is 3. The van der Waals surface area contributed by atoms with Gasteiger partial charge >= 0.3 is 5.97 Å². The van der Waals surface area contributed by atoms with Crippen LogP contribution in [0.2, 0.25) is 0 Å². The van der Waals surface area contributed by atoms with Gasteiger partial charge in [0.15, 0.2) is 0 Å². The number of carbonyl (C=O) groups is 2. The Morgan fingerprint density at radius 3 is 2.24 bits per heavy atom. The monoisotopic (exact) mass is 297 g/mol. The Labute approximate surface area is 128 Å². The van der Waals surface area contributed by atoms with Crippen LogP contribution in [0.25, 0.3) is 0 Å². The summed E-state index contributed by atoms with van der Waals surface area (Å²) in [5, 5.41) is 11.6. The van der Waals surface area contributed by atoms with E-state index < -0.39 is 5.97 Å². The fraction of sp³-hybridized carbons (Fsp3) is 0.882. The summed E-state index contributed by atoms with van der Waals surface area (Å²) in [5.74, 6) is 1.25. The molecule has 1 aliphatic rings. The molecule has 0 saturated heterocycles. The molecule has 0 spiro atoms. The van der Waals surface area contributed by atoms with E-state index >= 15 is 0 Å². The number of carbonyl (C=O) groups excluding carboxylic acids is 1. The number of carboxylic acids is 1. The molecule has 1 rings (SSSR count). The molecule has 0 aromatic carbocycles. The second-order valence-electron chi connectivity index (χ2n) is 6.70. The Hall–Kier alpha value is -1.06. The molecule has 0 aromatic rings. The Balaban J connectivity index is 2.03. The molecule has 0 aromatic heterocycles. The lowest BCUT2D eigenvalue weighted by molar-refractivity contribution is -0.137. The van der Waals surface area contributed by atoms with Crippen molar-refractivity contribution in [2.75, 3.05) is 6.54 Å². The summed E-state index contributed by atoms with van der Waals surface area (Å²) in [5.41, 5.74) is 0. The molecule has 1 amide bonds. The standard InChI is InChI=1S/C17H31NO3/c1-13(2)14-8-10-15(11-9-14)17(21)18-12-6-4-3-5-7-16(19)20/h13-15H,3-12H2,1-2H3,(H,18,21)(H,19,20). The number of hydrogen-bond donors (Lipinski definition) is 2. The van der Waals surface area contributed by atoms with E-state index in [0.717, 1.165) is 56.9 Å². The summed E-state index contributed by atoms with van der Waals surface area (Å²) in [7, 11) is 0. The Morgan fingerprint density at radius 1 is 1.05 bits per heavy atom. The number of nitrogens with one attached hydrogen (secondary N) is 1. The quantitative estimate of drug-likeness (QED) is 0.639. The number of amides is 1. The van der Waals surface area contributed by atoms with Crippen LogP contribution >= 0.6 is 0 Å². The molecule has 0 atom stereocenters. The van der Waals surface area contributed by atoms with Crippen molar-refractivity contribution in [1.82, 2.24) is 5.32 Å². The highest BCUT2D eigenvalue weighted by Crippen LogP contribution is 2.33. The first-order chi connectivity index (χ1) is 10.0. The molecule has 1 fully saturated rings. The molecule has 4 heteroatoms. The molecule has 0 heterocycles. The van der Waals surface area contributed by atoms with Gasteiger partial charge in [-0.15, -0.1) is 0 Å². The maximum atomic E-state index is 12.1. The molecule has 1 saturated carbocycles. The van der Waals surface area contributed by atoms with Crippen LogP contribution in [0.5, 0.6) is 0 Å². The molecule has 21 heavy (non-hydrogen) atoms. The van der Waals surface area contributed by atoms with Crippen LogP contribution in [-0.2, 0) is 9.59 Å². The van der Waals surface area contributed by atoms with Crippen molar-refractivity contribution >= 4 is 11.9 Å². The van der Waals surface area contributed by atoms with Crippen molar-refractivity contribution in [3.8, 4) is 0 Å². The topological polar surface area (TPSA) is 66.4 Å². The third-order valence-corrected chi connectivity index (χ3v) is 4.70. The van der Waals surface area contributed by atoms with Crippen molar-refractivity contribution in [1.29, 1.82) is 0 Å². The highest BCUT2D eigenvalue weighted by Gasteiger charge is 2.27. The normalized spacial score (nSPS) is 22.2. The predicted molar refractivity (Wildman–Crippen MR) is 84.0 cm³/mol. The van der Waals surface area contributed by atoms with Crippen LogP contribution in [0.3, 0.4) is 0 Å². The zero-order valence-corrected chi connectivity index (χ0v) is 13.6. The molecule has 4 nitrogen and oxygen atoms in total. The second-order valence-corrected chi connectivity index (χ2v) is 6.70. The summed E-state index contributed by atoms with van der Waals surface area (Å²) in [4.78, 5) is 22.4. The lowest BCUT2D eigenvalue weighted by Gasteiger charge is -2.30. The van der Waals surface area contributed by atoms with E-state index in [1.54, 1.807) is 0 Å². The van der Waals surface area contributed by atoms with E-state index in [4.69, 9.17) is 5.11 Å². The van der Waals surface area contributed by atoms with Gasteiger partial charge in [0.05, 0.1) is 0 Å². The molecule has 2 N–H and O–H groups in total. The average Bonchev–Trinajstić information content (AvgIpc) is 2.45. The van der Waals surface area contributed by atoms with Gasteiger partial charge in [0.25, 0.3) is 0 Å². The van der Waals surface area contributed by atoms with E-state index in [-0.39, 0.29) is 18.2 Å². The van der Waals surface area contributed by atoms with Crippen LogP contribution < -0.4 is 5.32 Å². The number of aliphatic carboxylic acids is 1. The molecule has 0 bridgehead atoms. The lowest BCUT2D eigenvalue weighted by atomic mass is 9.77. The Morgan fingerprint density at radius 2 is 1.67 bits per heavy atom. The Bertz CT molecular complexity index is 320. The molecule has 1 aliphatic carbocycles. The summed E-state index contributed by atoms with van der Waals surface area (Å²) in [6, 6.07) is 0. The summed E-state index contributed by atoms with van der Waals surface area (Å²) in [6.07, 6.45) is 8.31. The second kappa shape index (κ2) is 9.80. The first-order valence-electron chi connectivity index (χ1n) is 8.50. The van der Waals surface area contributed by atoms with Crippen LogP contribution in [0.4, 0.5) is 0 Å². The van der Waals surface area contributed by atoms with Gasteiger partial charge in [-0.25, -0.2) is 0 Å². The summed E-state index contributed by atoms with van der Waals surface area (Å²) < 4.78 is 0. The van der Waals surface area contributed by atoms with Gasteiger partial charge < -0.3 is 10.4 Å². The van der Waals surface area contributed by atoms with Crippen molar-refractivity contribution in [2.24, 2.45) is 17.8 Å². The predicted octanol–water partition coefficient (Wildman–Crippen LogP) is 3.60.